The number of aliphatic imine (C=N–C) groups is 1. The first kappa shape index (κ1) is 26.0. The molecule has 2 amide bonds. The quantitative estimate of drug-likeness (QED) is 0.401. The number of nitrogens with one attached hydrogen (secondary N) is 1. The molecule has 2 aliphatic rings. The maximum Gasteiger partial charge on any atom is 0.262 e. The van der Waals surface area contributed by atoms with E-state index < -0.39 is 5.25 Å². The van der Waals surface area contributed by atoms with Crippen molar-refractivity contribution in [2.75, 3.05) is 12.4 Å². The summed E-state index contributed by atoms with van der Waals surface area (Å²) in [7, 11) is 1.63. The van der Waals surface area contributed by atoms with E-state index in [0.717, 1.165) is 39.4 Å². The Balaban J connectivity index is 1.35. The van der Waals surface area contributed by atoms with Gasteiger partial charge in [-0.3, -0.25) is 9.59 Å². The second-order valence-electron chi connectivity index (χ2n) is 9.36. The number of methoxy groups -OCH3 is 1. The van der Waals surface area contributed by atoms with Gasteiger partial charge < -0.3 is 10.1 Å². The van der Waals surface area contributed by atoms with Crippen molar-refractivity contribution in [1.29, 1.82) is 0 Å². The fourth-order valence-electron chi connectivity index (χ4n) is 4.62. The molecule has 2 aliphatic heterocycles. The van der Waals surface area contributed by atoms with E-state index in [1.807, 2.05) is 80.6 Å². The molecule has 1 N–H and O–H groups in total. The number of thioether (sulfide) groups is 1. The molecule has 0 saturated heterocycles. The van der Waals surface area contributed by atoms with Gasteiger partial charge in [0.25, 0.3) is 5.91 Å². The second-order valence-corrected chi connectivity index (χ2v) is 11.0. The first-order chi connectivity index (χ1) is 18.3. The Labute approximate surface area is 230 Å². The minimum Gasteiger partial charge on any atom is -0.497 e. The van der Waals surface area contributed by atoms with Gasteiger partial charge in [0, 0.05) is 23.6 Å². The van der Waals surface area contributed by atoms with Crippen LogP contribution in [0.1, 0.15) is 41.1 Å². The fourth-order valence-corrected chi connectivity index (χ4v) is 5.81. The smallest absolute Gasteiger partial charge is 0.262 e. The molecule has 0 radical (unpaired) electrons. The van der Waals surface area contributed by atoms with Gasteiger partial charge in [0.1, 0.15) is 11.0 Å². The van der Waals surface area contributed by atoms with Crippen LogP contribution >= 0.6 is 23.4 Å². The van der Waals surface area contributed by atoms with Gasteiger partial charge in [0.15, 0.2) is 5.17 Å². The largest absolute Gasteiger partial charge is 0.497 e. The SMILES string of the molecule is COc1ccc(C2CC(c3ccc(Cl)cc3)=NN2C2=NC(=O)C(CC(=O)Nc3cc(C)cc(C)c3)S2)cc1. The van der Waals surface area contributed by atoms with Crippen LogP contribution in [0.4, 0.5) is 5.69 Å². The number of hydrogen-bond donors (Lipinski definition) is 1. The van der Waals surface area contributed by atoms with Crippen LogP contribution in [0.3, 0.4) is 0 Å². The number of carbonyl (C=O) groups is 2. The molecule has 38 heavy (non-hydrogen) atoms. The molecule has 0 aliphatic carbocycles. The van der Waals surface area contributed by atoms with Gasteiger partial charge in [-0.05, 0) is 72.5 Å². The summed E-state index contributed by atoms with van der Waals surface area (Å²) in [5.41, 5.74) is 5.69. The lowest BCUT2D eigenvalue weighted by Gasteiger charge is -2.23. The van der Waals surface area contributed by atoms with Crippen molar-refractivity contribution >= 4 is 51.7 Å². The average molecular weight is 547 g/mol. The number of halogens is 1. The number of amides is 2. The van der Waals surface area contributed by atoms with E-state index in [1.165, 1.54) is 11.8 Å². The molecule has 0 bridgehead atoms. The molecule has 7 nitrogen and oxygen atoms in total. The molecular formula is C29H27ClN4O3S. The number of hydrazone groups is 1. The Hall–Kier alpha value is -3.62. The van der Waals surface area contributed by atoms with Crippen molar-refractivity contribution < 1.29 is 14.3 Å². The van der Waals surface area contributed by atoms with E-state index in [4.69, 9.17) is 21.4 Å². The van der Waals surface area contributed by atoms with Crippen LogP contribution in [0.5, 0.6) is 5.75 Å². The molecular weight excluding hydrogens is 520 g/mol. The Morgan fingerprint density at radius 1 is 1.08 bits per heavy atom. The number of hydrogen-bond acceptors (Lipinski definition) is 6. The van der Waals surface area contributed by atoms with Crippen LogP contribution in [-0.4, -0.2) is 40.1 Å². The van der Waals surface area contributed by atoms with Crippen molar-refractivity contribution in [3.8, 4) is 5.75 Å². The summed E-state index contributed by atoms with van der Waals surface area (Å²) < 4.78 is 5.32. The van der Waals surface area contributed by atoms with Crippen molar-refractivity contribution in [2.24, 2.45) is 10.1 Å². The van der Waals surface area contributed by atoms with Crippen LogP contribution in [0, 0.1) is 13.8 Å². The van der Waals surface area contributed by atoms with Gasteiger partial charge in [-0.25, -0.2) is 5.01 Å². The Morgan fingerprint density at radius 2 is 1.76 bits per heavy atom. The topological polar surface area (TPSA) is 83.4 Å². The molecule has 3 aromatic carbocycles. The Kier molecular flexibility index (Phi) is 7.53. The zero-order valence-electron chi connectivity index (χ0n) is 21.3. The van der Waals surface area contributed by atoms with Crippen molar-refractivity contribution in [1.82, 2.24) is 5.01 Å². The average Bonchev–Trinajstić information content (AvgIpc) is 3.48. The summed E-state index contributed by atoms with van der Waals surface area (Å²) in [5, 5.41) is 10.1. The molecule has 0 fully saturated rings. The normalized spacial score (nSPS) is 18.8. The number of aryl methyl sites for hydroxylation is 2. The van der Waals surface area contributed by atoms with Crippen molar-refractivity contribution in [3.05, 3.63) is 94.0 Å². The number of ether oxygens (including phenoxy) is 1. The molecule has 194 valence electrons. The van der Waals surface area contributed by atoms with Crippen molar-refractivity contribution in [2.45, 2.75) is 38.0 Å². The molecule has 2 heterocycles. The van der Waals surface area contributed by atoms with Gasteiger partial charge >= 0.3 is 0 Å². The second kappa shape index (κ2) is 11.0. The van der Waals surface area contributed by atoms with E-state index in [9.17, 15) is 9.59 Å². The Bertz CT molecular complexity index is 1420. The highest BCUT2D eigenvalue weighted by Crippen LogP contribution is 2.39. The van der Waals surface area contributed by atoms with Gasteiger partial charge in [-0.1, -0.05) is 53.7 Å². The lowest BCUT2D eigenvalue weighted by Crippen LogP contribution is -2.25. The lowest BCUT2D eigenvalue weighted by atomic mass is 9.98. The molecule has 2 unspecified atom stereocenters. The summed E-state index contributed by atoms with van der Waals surface area (Å²) in [6.07, 6.45) is 0.651. The Morgan fingerprint density at radius 3 is 2.42 bits per heavy atom. The standard InChI is InChI=1S/C29H27ClN4O3S/c1-17-12-18(2)14-22(13-17)31-27(35)16-26-28(36)32-29(38-26)34-25(20-6-10-23(37-3)11-7-20)15-24(33-34)19-4-8-21(30)9-5-19/h4-14,25-26H,15-16H2,1-3H3,(H,31,35). The van der Waals surface area contributed by atoms with Gasteiger partial charge in [0.2, 0.25) is 5.91 Å². The number of carbonyl (C=O) groups excluding carboxylic acids is 2. The first-order valence-electron chi connectivity index (χ1n) is 12.2. The van der Waals surface area contributed by atoms with E-state index in [1.54, 1.807) is 12.1 Å². The summed E-state index contributed by atoms with van der Waals surface area (Å²) in [6.45, 7) is 3.96. The van der Waals surface area contributed by atoms with Crippen LogP contribution in [0.15, 0.2) is 76.8 Å². The number of benzene rings is 3. The van der Waals surface area contributed by atoms with E-state index in [2.05, 4.69) is 10.3 Å². The molecule has 0 saturated carbocycles. The number of rotatable bonds is 6. The van der Waals surface area contributed by atoms with Crippen LogP contribution in [-0.2, 0) is 9.59 Å². The minimum atomic E-state index is -0.609. The molecule has 2 atom stereocenters. The summed E-state index contributed by atoms with van der Waals surface area (Å²) >= 11 is 7.37. The third-order valence-electron chi connectivity index (χ3n) is 6.39. The number of nitrogens with zero attached hydrogens (tertiary/aromatic N) is 3. The fraction of sp³-hybridized carbons (Fsp3) is 0.241. The van der Waals surface area contributed by atoms with Crippen LogP contribution in [0.25, 0.3) is 0 Å². The highest BCUT2D eigenvalue weighted by Gasteiger charge is 2.39. The van der Waals surface area contributed by atoms with E-state index >= 15 is 0 Å². The molecule has 0 aromatic heterocycles. The maximum atomic E-state index is 12.9. The predicted molar refractivity (Wildman–Crippen MR) is 153 cm³/mol. The molecule has 5 rings (SSSR count). The van der Waals surface area contributed by atoms with Crippen LogP contribution < -0.4 is 10.1 Å². The van der Waals surface area contributed by atoms with Gasteiger partial charge in [-0.15, -0.1) is 0 Å². The monoisotopic (exact) mass is 546 g/mol. The molecule has 9 heteroatoms. The molecule has 0 spiro atoms. The summed E-state index contributed by atoms with van der Waals surface area (Å²) in [6, 6.07) is 21.0. The van der Waals surface area contributed by atoms with E-state index in [0.29, 0.717) is 16.6 Å². The highest BCUT2D eigenvalue weighted by molar-refractivity contribution is 8.15. The number of anilines is 1. The zero-order valence-corrected chi connectivity index (χ0v) is 22.8. The number of amidine groups is 1. The first-order valence-corrected chi connectivity index (χ1v) is 13.5. The van der Waals surface area contributed by atoms with E-state index in [-0.39, 0.29) is 24.3 Å². The third-order valence-corrected chi connectivity index (χ3v) is 7.78. The lowest BCUT2D eigenvalue weighted by molar-refractivity contribution is -0.121. The van der Waals surface area contributed by atoms with Gasteiger partial charge in [0.05, 0.1) is 18.9 Å². The zero-order chi connectivity index (χ0) is 26.8. The molecule has 3 aromatic rings. The maximum absolute atomic E-state index is 12.9. The summed E-state index contributed by atoms with van der Waals surface area (Å²) in [4.78, 5) is 30.0. The summed E-state index contributed by atoms with van der Waals surface area (Å²) in [5.74, 6) is 0.203. The highest BCUT2D eigenvalue weighted by atomic mass is 35.5. The third kappa shape index (κ3) is 5.76. The van der Waals surface area contributed by atoms with Gasteiger partial charge in [-0.2, -0.15) is 10.1 Å². The minimum absolute atomic E-state index is 0.0261. The predicted octanol–water partition coefficient (Wildman–Crippen LogP) is 6.14. The van der Waals surface area contributed by atoms with Crippen LogP contribution in [0.2, 0.25) is 5.02 Å². The van der Waals surface area contributed by atoms with Crippen molar-refractivity contribution in [3.63, 3.8) is 0 Å².